The van der Waals surface area contributed by atoms with E-state index in [1.807, 2.05) is 6.92 Å². The number of benzene rings is 1. The van der Waals surface area contributed by atoms with Crippen LogP contribution in [0.1, 0.15) is 11.1 Å². The highest BCUT2D eigenvalue weighted by atomic mass is 32.2. The van der Waals surface area contributed by atoms with E-state index >= 15 is 0 Å². The summed E-state index contributed by atoms with van der Waals surface area (Å²) >= 11 is 0. The lowest BCUT2D eigenvalue weighted by Gasteiger charge is -2.32. The predicted octanol–water partition coefficient (Wildman–Crippen LogP) is 0.980. The van der Waals surface area contributed by atoms with Gasteiger partial charge in [-0.15, -0.1) is 0 Å². The molecule has 1 aromatic rings. The van der Waals surface area contributed by atoms with Gasteiger partial charge in [-0.1, -0.05) is 6.07 Å². The second kappa shape index (κ2) is 3.98. The quantitative estimate of drug-likeness (QED) is 0.822. The van der Waals surface area contributed by atoms with Crippen molar-refractivity contribution in [3.8, 4) is 0 Å². The first-order chi connectivity index (χ1) is 8.25. The van der Waals surface area contributed by atoms with Crippen molar-refractivity contribution >= 4 is 21.5 Å². The Morgan fingerprint density at radius 1 is 1.39 bits per heavy atom. The molecule has 0 saturated carbocycles. The molecule has 1 N–H and O–H groups in total. The molecule has 0 amide bonds. The molecule has 1 atom stereocenters. The summed E-state index contributed by atoms with van der Waals surface area (Å²) in [6.45, 7) is 3.56. The van der Waals surface area contributed by atoms with Gasteiger partial charge in [-0.25, -0.2) is 8.42 Å². The zero-order valence-corrected chi connectivity index (χ0v) is 11.3. The van der Waals surface area contributed by atoms with Gasteiger partial charge in [0.1, 0.15) is 0 Å². The topological polar surface area (TPSA) is 74.7 Å². The van der Waals surface area contributed by atoms with Crippen LogP contribution in [0.5, 0.6) is 0 Å². The number of anilines is 1. The fourth-order valence-corrected chi connectivity index (χ4v) is 4.37. The zero-order chi connectivity index (χ0) is 13.7. The van der Waals surface area contributed by atoms with Crippen molar-refractivity contribution < 1.29 is 18.3 Å². The van der Waals surface area contributed by atoms with Crippen LogP contribution in [0.25, 0.3) is 0 Å². The summed E-state index contributed by atoms with van der Waals surface area (Å²) in [5.41, 5.74) is 2.15. The standard InChI is InChI=1S/C12H15NO4S/c1-7-4-8(2)11-9(5-7)13(3)6-10(12(14)15)18(11,16)17/h4-5,10H,6H2,1-3H3,(H,14,15). The van der Waals surface area contributed by atoms with Gasteiger partial charge in [-0.2, -0.15) is 0 Å². The van der Waals surface area contributed by atoms with E-state index in [1.54, 1.807) is 31.0 Å². The van der Waals surface area contributed by atoms with Gasteiger partial charge in [0.15, 0.2) is 15.1 Å². The third kappa shape index (κ3) is 1.77. The summed E-state index contributed by atoms with van der Waals surface area (Å²) in [7, 11) is -2.09. The molecule has 0 bridgehead atoms. The van der Waals surface area contributed by atoms with E-state index in [0.29, 0.717) is 11.3 Å². The second-order valence-corrected chi connectivity index (χ2v) is 6.75. The van der Waals surface area contributed by atoms with Crippen molar-refractivity contribution in [3.05, 3.63) is 23.3 Å². The van der Waals surface area contributed by atoms with Crippen LogP contribution >= 0.6 is 0 Å². The monoisotopic (exact) mass is 269 g/mol. The molecule has 1 aromatic carbocycles. The zero-order valence-electron chi connectivity index (χ0n) is 10.5. The molecule has 0 radical (unpaired) electrons. The highest BCUT2D eigenvalue weighted by Gasteiger charge is 2.42. The first-order valence-electron chi connectivity index (χ1n) is 5.54. The van der Waals surface area contributed by atoms with Crippen LogP contribution in [-0.2, 0) is 14.6 Å². The van der Waals surface area contributed by atoms with Crippen LogP contribution < -0.4 is 4.90 Å². The third-order valence-electron chi connectivity index (χ3n) is 3.18. The van der Waals surface area contributed by atoms with Gasteiger partial charge in [0.2, 0.25) is 0 Å². The van der Waals surface area contributed by atoms with Gasteiger partial charge in [-0.3, -0.25) is 4.79 Å². The number of hydrogen-bond acceptors (Lipinski definition) is 4. The number of hydrogen-bond donors (Lipinski definition) is 1. The Kier molecular flexibility index (Phi) is 2.85. The largest absolute Gasteiger partial charge is 0.480 e. The summed E-state index contributed by atoms with van der Waals surface area (Å²) in [4.78, 5) is 12.9. The lowest BCUT2D eigenvalue weighted by molar-refractivity contribution is -0.136. The Bertz CT molecular complexity index is 621. The van der Waals surface area contributed by atoms with Gasteiger partial charge >= 0.3 is 5.97 Å². The van der Waals surface area contributed by atoms with Crippen LogP contribution in [-0.4, -0.2) is 38.3 Å². The van der Waals surface area contributed by atoms with E-state index in [2.05, 4.69) is 0 Å². The van der Waals surface area contributed by atoms with Gasteiger partial charge in [0.05, 0.1) is 10.6 Å². The molecule has 1 aliphatic rings. The fraction of sp³-hybridized carbons (Fsp3) is 0.417. The Hall–Kier alpha value is -1.56. The van der Waals surface area contributed by atoms with Gasteiger partial charge < -0.3 is 10.0 Å². The Balaban J connectivity index is 2.76. The molecule has 0 aromatic heterocycles. The smallest absolute Gasteiger partial charge is 0.324 e. The van der Waals surface area contributed by atoms with Crippen molar-refractivity contribution in [2.75, 3.05) is 18.5 Å². The Labute approximate surface area is 106 Å². The maximum atomic E-state index is 12.3. The maximum Gasteiger partial charge on any atom is 0.324 e. The Morgan fingerprint density at radius 3 is 2.56 bits per heavy atom. The number of rotatable bonds is 1. The average molecular weight is 269 g/mol. The van der Waals surface area contributed by atoms with E-state index in [0.717, 1.165) is 5.56 Å². The molecule has 1 aliphatic heterocycles. The van der Waals surface area contributed by atoms with Crippen LogP contribution in [0, 0.1) is 13.8 Å². The van der Waals surface area contributed by atoms with E-state index < -0.39 is 21.1 Å². The van der Waals surface area contributed by atoms with Crippen LogP contribution in [0.4, 0.5) is 5.69 Å². The molecule has 6 heteroatoms. The molecule has 1 heterocycles. The molecule has 5 nitrogen and oxygen atoms in total. The molecule has 98 valence electrons. The number of nitrogens with zero attached hydrogens (tertiary/aromatic N) is 1. The highest BCUT2D eigenvalue weighted by Crippen LogP contribution is 2.36. The number of aliphatic carboxylic acids is 1. The Morgan fingerprint density at radius 2 is 2.00 bits per heavy atom. The molecule has 0 aliphatic carbocycles. The maximum absolute atomic E-state index is 12.3. The third-order valence-corrected chi connectivity index (χ3v) is 5.38. The summed E-state index contributed by atoms with van der Waals surface area (Å²) < 4.78 is 24.6. The number of carbonyl (C=O) groups is 1. The van der Waals surface area contributed by atoms with E-state index in [9.17, 15) is 13.2 Å². The molecule has 1 unspecified atom stereocenters. The molecular formula is C12H15NO4S. The lowest BCUT2D eigenvalue weighted by Crippen LogP contribution is -2.45. The van der Waals surface area contributed by atoms with Crippen LogP contribution in [0.3, 0.4) is 0 Å². The molecular weight excluding hydrogens is 254 g/mol. The van der Waals surface area contributed by atoms with Crippen molar-refractivity contribution in [2.45, 2.75) is 24.0 Å². The van der Waals surface area contributed by atoms with Gasteiger partial charge in [0.25, 0.3) is 0 Å². The summed E-state index contributed by atoms with van der Waals surface area (Å²) in [5.74, 6) is -1.30. The molecule has 0 fully saturated rings. The molecule has 0 spiro atoms. The number of aryl methyl sites for hydroxylation is 2. The van der Waals surface area contributed by atoms with Crippen LogP contribution in [0.2, 0.25) is 0 Å². The average Bonchev–Trinajstić information content (AvgIpc) is 2.21. The minimum absolute atomic E-state index is 0.0203. The van der Waals surface area contributed by atoms with Crippen molar-refractivity contribution in [3.63, 3.8) is 0 Å². The molecule has 0 saturated heterocycles. The van der Waals surface area contributed by atoms with E-state index in [1.165, 1.54) is 0 Å². The normalized spacial score (nSPS) is 21.5. The number of carboxylic acids is 1. The minimum atomic E-state index is -3.80. The van der Waals surface area contributed by atoms with Crippen LogP contribution in [0.15, 0.2) is 17.0 Å². The summed E-state index contributed by atoms with van der Waals surface area (Å²) in [5, 5.41) is 7.66. The van der Waals surface area contributed by atoms with Crippen molar-refractivity contribution in [2.24, 2.45) is 0 Å². The van der Waals surface area contributed by atoms with Crippen molar-refractivity contribution in [1.29, 1.82) is 0 Å². The minimum Gasteiger partial charge on any atom is -0.480 e. The number of sulfone groups is 1. The molecule has 2 rings (SSSR count). The highest BCUT2D eigenvalue weighted by molar-refractivity contribution is 7.93. The summed E-state index contributed by atoms with van der Waals surface area (Å²) in [6, 6.07) is 3.53. The first kappa shape index (κ1) is 12.9. The van der Waals surface area contributed by atoms with Gasteiger partial charge in [-0.05, 0) is 31.0 Å². The lowest BCUT2D eigenvalue weighted by atomic mass is 10.1. The van der Waals surface area contributed by atoms with E-state index in [4.69, 9.17) is 5.11 Å². The number of carboxylic acid groups (broad SMARTS) is 1. The van der Waals surface area contributed by atoms with Crippen molar-refractivity contribution in [1.82, 2.24) is 0 Å². The SMILES string of the molecule is Cc1cc(C)c2c(c1)N(C)CC(C(=O)O)S2(=O)=O. The fourth-order valence-electron chi connectivity index (χ4n) is 2.38. The van der Waals surface area contributed by atoms with E-state index in [-0.39, 0.29) is 11.4 Å². The van der Waals surface area contributed by atoms with Gasteiger partial charge in [0, 0.05) is 13.6 Å². The summed E-state index contributed by atoms with van der Waals surface area (Å²) in [6.07, 6.45) is 0. The molecule has 18 heavy (non-hydrogen) atoms. The second-order valence-electron chi connectivity index (χ2n) is 4.68. The number of fused-ring (bicyclic) bond motifs is 1. The predicted molar refractivity (Wildman–Crippen MR) is 67.8 cm³/mol. The first-order valence-corrected chi connectivity index (χ1v) is 7.09.